The third kappa shape index (κ3) is 3.37. The summed E-state index contributed by atoms with van der Waals surface area (Å²) in [5.41, 5.74) is 3.09. The molecule has 0 aliphatic rings. The lowest BCUT2D eigenvalue weighted by Gasteiger charge is -2.11. The monoisotopic (exact) mass is 358 g/mol. The van der Waals surface area contributed by atoms with Gasteiger partial charge in [0.25, 0.3) is 10.0 Å². The fourth-order valence-electron chi connectivity index (χ4n) is 2.79. The van der Waals surface area contributed by atoms with Gasteiger partial charge in [0.1, 0.15) is 0 Å². The van der Waals surface area contributed by atoms with Gasteiger partial charge in [0.05, 0.1) is 22.5 Å². The largest absolute Gasteiger partial charge is 0.278 e. The number of benzene rings is 1. The Morgan fingerprint density at radius 3 is 2.56 bits per heavy atom. The van der Waals surface area contributed by atoms with Crippen LogP contribution in [0.2, 0.25) is 0 Å². The molecule has 1 N–H and O–H groups in total. The molecule has 0 aliphatic carbocycles. The number of hydrogen-bond donors (Lipinski definition) is 1. The molecule has 7 heteroatoms. The number of fused-ring (bicyclic) bond motifs is 1. The second-order valence-electron chi connectivity index (χ2n) is 6.29. The first-order chi connectivity index (χ1) is 11.8. The Kier molecular flexibility index (Phi) is 4.51. The van der Waals surface area contributed by atoms with Crippen molar-refractivity contribution in [2.24, 2.45) is 7.05 Å². The highest BCUT2D eigenvalue weighted by molar-refractivity contribution is 7.92. The van der Waals surface area contributed by atoms with Crippen LogP contribution in [0.1, 0.15) is 37.4 Å². The number of rotatable bonds is 5. The molecule has 6 nitrogen and oxygen atoms in total. The van der Waals surface area contributed by atoms with Gasteiger partial charge in [-0.2, -0.15) is 5.10 Å². The van der Waals surface area contributed by atoms with E-state index in [1.165, 1.54) is 6.20 Å². The summed E-state index contributed by atoms with van der Waals surface area (Å²) in [6.07, 6.45) is 2.52. The van der Waals surface area contributed by atoms with Crippen molar-refractivity contribution < 1.29 is 8.42 Å². The van der Waals surface area contributed by atoms with Crippen LogP contribution in [0, 0.1) is 6.92 Å². The average molecular weight is 358 g/mol. The van der Waals surface area contributed by atoms with Crippen LogP contribution in [0.15, 0.2) is 41.4 Å². The Balaban J connectivity index is 1.89. The molecule has 0 spiro atoms. The summed E-state index contributed by atoms with van der Waals surface area (Å²) in [6, 6.07) is 8.79. The zero-order valence-corrected chi connectivity index (χ0v) is 15.6. The maximum absolute atomic E-state index is 12.6. The summed E-state index contributed by atoms with van der Waals surface area (Å²) >= 11 is 0. The van der Waals surface area contributed by atoms with Crippen LogP contribution in [0.3, 0.4) is 0 Å². The topological polar surface area (TPSA) is 76.9 Å². The van der Waals surface area contributed by atoms with Crippen LogP contribution in [0.5, 0.6) is 0 Å². The van der Waals surface area contributed by atoms with Gasteiger partial charge in [-0.15, -0.1) is 0 Å². The lowest BCUT2D eigenvalue weighted by atomic mass is 9.99. The molecule has 0 amide bonds. The van der Waals surface area contributed by atoms with Gasteiger partial charge in [-0.1, -0.05) is 26.0 Å². The standard InChI is InChI=1S/C18H22N4O2S/c1-5-12(2)14-6-8-16(9-7-14)25(23,24)21-15-10-17-13(3)20-22(4)18(17)19-11-15/h6-12,21H,5H2,1-4H3. The van der Waals surface area contributed by atoms with E-state index >= 15 is 0 Å². The molecule has 0 saturated heterocycles. The summed E-state index contributed by atoms with van der Waals surface area (Å²) in [6.45, 7) is 6.11. The molecule has 1 aromatic carbocycles. The molecule has 2 aromatic heterocycles. The Morgan fingerprint density at radius 1 is 1.24 bits per heavy atom. The van der Waals surface area contributed by atoms with Gasteiger partial charge >= 0.3 is 0 Å². The first-order valence-electron chi connectivity index (χ1n) is 8.24. The molecule has 0 fully saturated rings. The van der Waals surface area contributed by atoms with Gasteiger partial charge in [-0.25, -0.2) is 13.4 Å². The molecule has 1 unspecified atom stereocenters. The average Bonchev–Trinajstić information content (AvgIpc) is 2.88. The number of sulfonamides is 1. The summed E-state index contributed by atoms with van der Waals surface area (Å²) in [5, 5.41) is 5.13. The zero-order chi connectivity index (χ0) is 18.2. The third-order valence-electron chi connectivity index (χ3n) is 4.49. The van der Waals surface area contributed by atoms with E-state index in [0.29, 0.717) is 11.6 Å². The normalized spacial score (nSPS) is 13.1. The van der Waals surface area contributed by atoms with Gasteiger partial charge in [-0.05, 0) is 43.0 Å². The molecule has 1 atom stereocenters. The number of aryl methyl sites for hydroxylation is 2. The van der Waals surface area contributed by atoms with Gasteiger partial charge in [-0.3, -0.25) is 9.40 Å². The predicted octanol–water partition coefficient (Wildman–Crippen LogP) is 3.59. The zero-order valence-electron chi connectivity index (χ0n) is 14.8. The van der Waals surface area contributed by atoms with Crippen LogP contribution < -0.4 is 4.72 Å². The highest BCUT2D eigenvalue weighted by Gasteiger charge is 2.16. The van der Waals surface area contributed by atoms with E-state index in [4.69, 9.17) is 0 Å². The molecule has 2 heterocycles. The first-order valence-corrected chi connectivity index (χ1v) is 9.72. The quantitative estimate of drug-likeness (QED) is 0.756. The fourth-order valence-corrected chi connectivity index (χ4v) is 3.82. The number of aromatic nitrogens is 3. The Bertz CT molecular complexity index is 1010. The minimum Gasteiger partial charge on any atom is -0.278 e. The van der Waals surface area contributed by atoms with E-state index in [9.17, 15) is 8.42 Å². The minimum absolute atomic E-state index is 0.238. The van der Waals surface area contributed by atoms with Crippen molar-refractivity contribution in [3.05, 3.63) is 47.8 Å². The van der Waals surface area contributed by atoms with Crippen molar-refractivity contribution in [2.75, 3.05) is 4.72 Å². The highest BCUT2D eigenvalue weighted by atomic mass is 32.2. The third-order valence-corrected chi connectivity index (χ3v) is 5.88. The van der Waals surface area contributed by atoms with Crippen LogP contribution >= 0.6 is 0 Å². The second-order valence-corrected chi connectivity index (χ2v) is 7.97. The lowest BCUT2D eigenvalue weighted by molar-refractivity contribution is 0.601. The van der Waals surface area contributed by atoms with Crippen molar-refractivity contribution in [3.8, 4) is 0 Å². The van der Waals surface area contributed by atoms with Crippen molar-refractivity contribution in [1.82, 2.24) is 14.8 Å². The molecule has 3 rings (SSSR count). The lowest BCUT2D eigenvalue weighted by Crippen LogP contribution is -2.13. The van der Waals surface area contributed by atoms with E-state index in [1.807, 2.05) is 26.1 Å². The molecular weight excluding hydrogens is 336 g/mol. The minimum atomic E-state index is -3.65. The maximum Gasteiger partial charge on any atom is 0.261 e. The van der Waals surface area contributed by atoms with Gasteiger partial charge in [0.2, 0.25) is 0 Å². The summed E-state index contributed by atoms with van der Waals surface area (Å²) in [7, 11) is -1.84. The van der Waals surface area contributed by atoms with E-state index < -0.39 is 10.0 Å². The van der Waals surface area contributed by atoms with Crippen molar-refractivity contribution in [2.45, 2.75) is 38.0 Å². The van der Waals surface area contributed by atoms with Crippen LogP contribution in [-0.2, 0) is 17.1 Å². The van der Waals surface area contributed by atoms with Crippen LogP contribution in [0.25, 0.3) is 11.0 Å². The summed E-state index contributed by atoms with van der Waals surface area (Å²) < 4.78 is 29.5. The van der Waals surface area contributed by atoms with E-state index in [-0.39, 0.29) is 4.90 Å². The van der Waals surface area contributed by atoms with E-state index in [2.05, 4.69) is 28.7 Å². The number of nitrogens with zero attached hydrogens (tertiary/aromatic N) is 3. The van der Waals surface area contributed by atoms with Crippen molar-refractivity contribution in [1.29, 1.82) is 0 Å². The van der Waals surface area contributed by atoms with Gasteiger partial charge in [0, 0.05) is 12.4 Å². The predicted molar refractivity (Wildman–Crippen MR) is 99.2 cm³/mol. The van der Waals surface area contributed by atoms with Crippen molar-refractivity contribution in [3.63, 3.8) is 0 Å². The van der Waals surface area contributed by atoms with Gasteiger partial charge in [0.15, 0.2) is 5.65 Å². The smallest absolute Gasteiger partial charge is 0.261 e. The Hall–Kier alpha value is -2.41. The fraction of sp³-hybridized carbons (Fsp3) is 0.333. The number of hydrogen-bond acceptors (Lipinski definition) is 4. The van der Waals surface area contributed by atoms with Crippen LogP contribution in [0.4, 0.5) is 5.69 Å². The van der Waals surface area contributed by atoms with Gasteiger partial charge < -0.3 is 0 Å². The number of nitrogens with one attached hydrogen (secondary N) is 1. The molecule has 0 saturated carbocycles. The summed E-state index contributed by atoms with van der Waals surface area (Å²) in [5.74, 6) is 0.407. The number of anilines is 1. The Morgan fingerprint density at radius 2 is 1.92 bits per heavy atom. The van der Waals surface area contributed by atoms with E-state index in [1.54, 1.807) is 22.9 Å². The number of pyridine rings is 1. The molecule has 0 aliphatic heterocycles. The molecule has 25 heavy (non-hydrogen) atoms. The van der Waals surface area contributed by atoms with Crippen LogP contribution in [-0.4, -0.2) is 23.2 Å². The van der Waals surface area contributed by atoms with E-state index in [0.717, 1.165) is 28.7 Å². The molecular formula is C18H22N4O2S. The molecule has 132 valence electrons. The molecule has 0 bridgehead atoms. The second kappa shape index (κ2) is 6.48. The highest BCUT2D eigenvalue weighted by Crippen LogP contribution is 2.24. The summed E-state index contributed by atoms with van der Waals surface area (Å²) in [4.78, 5) is 4.54. The van der Waals surface area contributed by atoms with Crippen molar-refractivity contribution >= 4 is 26.7 Å². The Labute approximate surface area is 147 Å². The molecule has 0 radical (unpaired) electrons. The SMILES string of the molecule is CCC(C)c1ccc(S(=O)(=O)Nc2cnc3c(c2)c(C)nn3C)cc1. The molecule has 3 aromatic rings. The first kappa shape index (κ1) is 17.4. The maximum atomic E-state index is 12.6.